The summed E-state index contributed by atoms with van der Waals surface area (Å²) < 4.78 is 24.4. The Hall–Kier alpha value is -1.73. The molecule has 1 amide bonds. The number of nitrogens with zero attached hydrogens (tertiary/aromatic N) is 2. The van der Waals surface area contributed by atoms with Crippen LogP contribution in [0.25, 0.3) is 0 Å². The molecule has 6 nitrogen and oxygen atoms in total. The topological polar surface area (TPSA) is 79.4 Å². The van der Waals surface area contributed by atoms with Gasteiger partial charge < -0.3 is 5.32 Å². The lowest BCUT2D eigenvalue weighted by Crippen LogP contribution is -2.39. The number of sulfonamides is 1. The molecule has 104 valence electrons. The Kier molecular flexibility index (Phi) is 5.65. The van der Waals surface area contributed by atoms with Gasteiger partial charge in [0.1, 0.15) is 0 Å². The molecule has 0 aliphatic carbocycles. The van der Waals surface area contributed by atoms with Crippen LogP contribution >= 0.6 is 0 Å². The first kappa shape index (κ1) is 15.3. The fourth-order valence-corrected chi connectivity index (χ4v) is 2.12. The van der Waals surface area contributed by atoms with Crippen LogP contribution in [0.2, 0.25) is 0 Å². The summed E-state index contributed by atoms with van der Waals surface area (Å²) in [5.41, 5.74) is 0.726. The van der Waals surface area contributed by atoms with E-state index in [0.717, 1.165) is 16.1 Å². The summed E-state index contributed by atoms with van der Waals surface area (Å²) in [7, 11) is -3.46. The fraction of sp³-hybridized carbons (Fsp3) is 0.333. The van der Waals surface area contributed by atoms with E-state index in [0.29, 0.717) is 6.54 Å². The van der Waals surface area contributed by atoms with Crippen molar-refractivity contribution in [1.82, 2.24) is 14.6 Å². The van der Waals surface area contributed by atoms with Gasteiger partial charge in [-0.25, -0.2) is 8.42 Å². The van der Waals surface area contributed by atoms with Crippen molar-refractivity contribution in [2.45, 2.75) is 6.54 Å². The number of carbonyl (C=O) groups is 1. The van der Waals surface area contributed by atoms with Gasteiger partial charge in [-0.15, -0.1) is 6.58 Å². The summed E-state index contributed by atoms with van der Waals surface area (Å²) in [6, 6.07) is 3.47. The molecular formula is C12H17N3O3S. The first-order valence-corrected chi connectivity index (χ1v) is 7.50. The minimum Gasteiger partial charge on any atom is -0.351 e. The van der Waals surface area contributed by atoms with Crippen LogP contribution in [-0.2, 0) is 21.4 Å². The predicted octanol–water partition coefficient (Wildman–Crippen LogP) is 0.145. The van der Waals surface area contributed by atoms with Gasteiger partial charge in [0.2, 0.25) is 15.9 Å². The number of aromatic nitrogens is 1. The van der Waals surface area contributed by atoms with Gasteiger partial charge in [0, 0.05) is 25.5 Å². The number of rotatable bonds is 7. The second kappa shape index (κ2) is 7.01. The summed E-state index contributed by atoms with van der Waals surface area (Å²) in [4.78, 5) is 15.5. The summed E-state index contributed by atoms with van der Waals surface area (Å²) in [6.45, 7) is 3.68. The molecule has 1 aromatic heterocycles. The lowest BCUT2D eigenvalue weighted by Gasteiger charge is -2.19. The smallest absolute Gasteiger partial charge is 0.235 e. The standard InChI is InChI=1S/C12H17N3O3S/c1-3-6-14-12(16)10-15(19(2,17)18)9-11-5-4-7-13-8-11/h3-5,7-8H,1,6,9-10H2,2H3,(H,14,16). The van der Waals surface area contributed by atoms with Gasteiger partial charge in [0.15, 0.2) is 0 Å². The second-order valence-electron chi connectivity index (χ2n) is 3.99. The zero-order valence-corrected chi connectivity index (χ0v) is 11.6. The second-order valence-corrected chi connectivity index (χ2v) is 5.97. The largest absolute Gasteiger partial charge is 0.351 e. The Bertz CT molecular complexity index is 528. The van der Waals surface area contributed by atoms with Crippen molar-refractivity contribution in [1.29, 1.82) is 0 Å². The maximum absolute atomic E-state index is 11.7. The van der Waals surface area contributed by atoms with Crippen LogP contribution in [0.1, 0.15) is 5.56 Å². The van der Waals surface area contributed by atoms with Gasteiger partial charge in [-0.2, -0.15) is 4.31 Å². The number of carbonyl (C=O) groups excluding carboxylic acids is 1. The van der Waals surface area contributed by atoms with E-state index in [1.54, 1.807) is 24.5 Å². The lowest BCUT2D eigenvalue weighted by molar-refractivity contribution is -0.121. The normalized spacial score (nSPS) is 11.3. The fourth-order valence-electron chi connectivity index (χ4n) is 1.39. The third kappa shape index (κ3) is 5.62. The SMILES string of the molecule is C=CCNC(=O)CN(Cc1cccnc1)S(C)(=O)=O. The van der Waals surface area contributed by atoms with Crippen molar-refractivity contribution in [2.24, 2.45) is 0 Å². The molecule has 0 fully saturated rings. The van der Waals surface area contributed by atoms with Crippen molar-refractivity contribution in [2.75, 3.05) is 19.3 Å². The van der Waals surface area contributed by atoms with Gasteiger partial charge in [-0.3, -0.25) is 9.78 Å². The molecule has 1 heterocycles. The molecule has 0 radical (unpaired) electrons. The molecule has 0 bridgehead atoms. The number of nitrogens with one attached hydrogen (secondary N) is 1. The zero-order valence-electron chi connectivity index (χ0n) is 10.7. The molecule has 0 spiro atoms. The van der Waals surface area contributed by atoms with Gasteiger partial charge in [0.05, 0.1) is 12.8 Å². The van der Waals surface area contributed by atoms with Crippen LogP contribution in [0.15, 0.2) is 37.2 Å². The lowest BCUT2D eigenvalue weighted by atomic mass is 10.3. The third-order valence-corrected chi connectivity index (χ3v) is 3.51. The van der Waals surface area contributed by atoms with Crippen molar-refractivity contribution >= 4 is 15.9 Å². The molecule has 1 rings (SSSR count). The summed E-state index contributed by atoms with van der Waals surface area (Å²) in [6.07, 6.45) is 5.78. The molecule has 1 N–H and O–H groups in total. The molecule has 0 aliphatic rings. The van der Waals surface area contributed by atoms with Crippen molar-refractivity contribution in [3.63, 3.8) is 0 Å². The minimum absolute atomic E-state index is 0.119. The first-order chi connectivity index (χ1) is 8.93. The highest BCUT2D eigenvalue weighted by Gasteiger charge is 2.20. The molecule has 0 aromatic carbocycles. The predicted molar refractivity (Wildman–Crippen MR) is 72.7 cm³/mol. The highest BCUT2D eigenvalue weighted by Crippen LogP contribution is 2.06. The average molecular weight is 283 g/mol. The Morgan fingerprint density at radius 2 is 2.32 bits per heavy atom. The Morgan fingerprint density at radius 1 is 1.58 bits per heavy atom. The summed E-state index contributed by atoms with van der Waals surface area (Å²) in [5, 5.41) is 2.54. The van der Waals surface area contributed by atoms with Crippen LogP contribution in [-0.4, -0.2) is 43.0 Å². The monoisotopic (exact) mass is 283 g/mol. The van der Waals surface area contributed by atoms with E-state index in [-0.39, 0.29) is 19.0 Å². The summed E-state index contributed by atoms with van der Waals surface area (Å²) in [5.74, 6) is -0.366. The van der Waals surface area contributed by atoms with Crippen molar-refractivity contribution < 1.29 is 13.2 Å². The molecule has 19 heavy (non-hydrogen) atoms. The Balaban J connectivity index is 2.74. The average Bonchev–Trinajstić information content (AvgIpc) is 2.36. The van der Waals surface area contributed by atoms with Gasteiger partial charge in [-0.1, -0.05) is 12.1 Å². The number of hydrogen-bond acceptors (Lipinski definition) is 4. The van der Waals surface area contributed by atoms with Crippen LogP contribution in [0.3, 0.4) is 0 Å². The van der Waals surface area contributed by atoms with Gasteiger partial charge in [-0.05, 0) is 11.6 Å². The van der Waals surface area contributed by atoms with Crippen LogP contribution in [0, 0.1) is 0 Å². The quantitative estimate of drug-likeness (QED) is 0.722. The minimum atomic E-state index is -3.46. The van der Waals surface area contributed by atoms with Crippen LogP contribution < -0.4 is 5.32 Å². The van der Waals surface area contributed by atoms with E-state index in [9.17, 15) is 13.2 Å². The van der Waals surface area contributed by atoms with E-state index < -0.39 is 10.0 Å². The van der Waals surface area contributed by atoms with Gasteiger partial charge in [0.25, 0.3) is 0 Å². The van der Waals surface area contributed by atoms with Crippen molar-refractivity contribution in [3.8, 4) is 0 Å². The number of amides is 1. The maximum Gasteiger partial charge on any atom is 0.235 e. The highest BCUT2D eigenvalue weighted by molar-refractivity contribution is 7.88. The maximum atomic E-state index is 11.7. The zero-order chi connectivity index (χ0) is 14.3. The molecular weight excluding hydrogens is 266 g/mol. The van der Waals surface area contributed by atoms with Crippen molar-refractivity contribution in [3.05, 3.63) is 42.7 Å². The molecule has 0 atom stereocenters. The van der Waals surface area contributed by atoms with Gasteiger partial charge >= 0.3 is 0 Å². The molecule has 0 unspecified atom stereocenters. The Morgan fingerprint density at radius 3 is 2.84 bits per heavy atom. The van der Waals surface area contributed by atoms with E-state index >= 15 is 0 Å². The van der Waals surface area contributed by atoms with E-state index in [1.807, 2.05) is 0 Å². The van der Waals surface area contributed by atoms with E-state index in [1.165, 1.54) is 6.08 Å². The molecule has 7 heteroatoms. The molecule has 0 aliphatic heterocycles. The molecule has 0 saturated carbocycles. The molecule has 1 aromatic rings. The highest BCUT2D eigenvalue weighted by atomic mass is 32.2. The van der Waals surface area contributed by atoms with E-state index in [2.05, 4.69) is 16.9 Å². The molecule has 0 saturated heterocycles. The Labute approximate surface area is 113 Å². The summed E-state index contributed by atoms with van der Waals surface area (Å²) >= 11 is 0. The van der Waals surface area contributed by atoms with E-state index in [4.69, 9.17) is 0 Å². The van der Waals surface area contributed by atoms with Crippen LogP contribution in [0.4, 0.5) is 0 Å². The number of hydrogen-bond donors (Lipinski definition) is 1. The number of pyridine rings is 1. The third-order valence-electron chi connectivity index (χ3n) is 2.31. The first-order valence-electron chi connectivity index (χ1n) is 5.65. The van der Waals surface area contributed by atoms with Crippen LogP contribution in [0.5, 0.6) is 0 Å².